The standard InChI is InChI=1S/C20H35FN6O2/c1-12-16(11-22-29-12)19(28)25-20(23-15-4-2-3-5-15)24-18-10-17(26-27-18)13-6-8-14(21)9-7-13/h12-18,22,26-27H,2-11H2,1H3,(H2,23,24,25,28). The molecule has 4 unspecified atom stereocenters. The second-order valence-electron chi connectivity index (χ2n) is 9.03. The second-order valence-corrected chi connectivity index (χ2v) is 9.03. The van der Waals surface area contributed by atoms with Gasteiger partial charge < -0.3 is 5.32 Å². The van der Waals surface area contributed by atoms with Crippen LogP contribution in [0.15, 0.2) is 4.99 Å². The Balaban J connectivity index is 1.37. The smallest absolute Gasteiger partial charge is 0.233 e. The van der Waals surface area contributed by atoms with Crippen LogP contribution in [0.4, 0.5) is 4.39 Å². The van der Waals surface area contributed by atoms with Gasteiger partial charge in [0, 0.05) is 25.0 Å². The zero-order valence-corrected chi connectivity index (χ0v) is 17.3. The topological polar surface area (TPSA) is 98.8 Å². The largest absolute Gasteiger partial charge is 0.353 e. The summed E-state index contributed by atoms with van der Waals surface area (Å²) in [5.41, 5.74) is 9.42. The average Bonchev–Trinajstić information content (AvgIpc) is 3.45. The van der Waals surface area contributed by atoms with Crippen LogP contribution in [0.3, 0.4) is 0 Å². The SMILES string of the molecule is CC1ONCC1C(=O)N/C(=N\C1CC(C2CCC(F)CC2)NN1)NC1CCCC1. The van der Waals surface area contributed by atoms with E-state index < -0.39 is 6.17 Å². The molecule has 9 heteroatoms. The highest BCUT2D eigenvalue weighted by Gasteiger charge is 2.35. The van der Waals surface area contributed by atoms with Crippen molar-refractivity contribution in [2.45, 2.75) is 95.2 Å². The van der Waals surface area contributed by atoms with Gasteiger partial charge in [-0.1, -0.05) is 12.8 Å². The summed E-state index contributed by atoms with van der Waals surface area (Å²) in [4.78, 5) is 22.8. The zero-order chi connectivity index (χ0) is 20.2. The summed E-state index contributed by atoms with van der Waals surface area (Å²) in [6, 6.07) is 0.654. The van der Waals surface area contributed by atoms with Gasteiger partial charge in [-0.3, -0.25) is 20.4 Å². The number of guanidine groups is 1. The predicted molar refractivity (Wildman–Crippen MR) is 108 cm³/mol. The minimum Gasteiger partial charge on any atom is -0.353 e. The molecule has 164 valence electrons. The molecule has 0 aromatic carbocycles. The lowest BCUT2D eigenvalue weighted by molar-refractivity contribution is -0.124. The van der Waals surface area contributed by atoms with E-state index in [-0.39, 0.29) is 24.1 Å². The van der Waals surface area contributed by atoms with Crippen LogP contribution in [-0.4, -0.2) is 48.9 Å². The molecule has 2 aliphatic carbocycles. The molecule has 1 amide bonds. The summed E-state index contributed by atoms with van der Waals surface area (Å²) in [5.74, 6) is 0.728. The normalized spacial score (nSPS) is 39.0. The van der Waals surface area contributed by atoms with Crippen molar-refractivity contribution in [2.24, 2.45) is 16.8 Å². The van der Waals surface area contributed by atoms with E-state index >= 15 is 0 Å². The summed E-state index contributed by atoms with van der Waals surface area (Å²) >= 11 is 0. The molecule has 0 radical (unpaired) electrons. The number of halogens is 1. The number of rotatable bonds is 4. The minimum atomic E-state index is -0.636. The van der Waals surface area contributed by atoms with Crippen molar-refractivity contribution in [3.63, 3.8) is 0 Å². The fourth-order valence-corrected chi connectivity index (χ4v) is 5.00. The Kier molecular flexibility index (Phi) is 7.00. The molecule has 2 aliphatic heterocycles. The summed E-state index contributed by atoms with van der Waals surface area (Å²) in [6.45, 7) is 2.40. The third-order valence-corrected chi connectivity index (χ3v) is 6.88. The number of aliphatic imine (C=N–C) groups is 1. The van der Waals surface area contributed by atoms with E-state index in [1.165, 1.54) is 12.8 Å². The Morgan fingerprint density at radius 3 is 2.55 bits per heavy atom. The highest BCUT2D eigenvalue weighted by molar-refractivity contribution is 5.98. The van der Waals surface area contributed by atoms with E-state index in [4.69, 9.17) is 9.83 Å². The molecule has 4 fully saturated rings. The van der Waals surface area contributed by atoms with Gasteiger partial charge in [-0.2, -0.15) is 0 Å². The van der Waals surface area contributed by atoms with Gasteiger partial charge in [-0.25, -0.2) is 20.3 Å². The van der Waals surface area contributed by atoms with Gasteiger partial charge in [0.1, 0.15) is 12.3 Å². The van der Waals surface area contributed by atoms with E-state index in [2.05, 4.69) is 27.0 Å². The van der Waals surface area contributed by atoms with Crippen LogP contribution < -0.4 is 27.0 Å². The van der Waals surface area contributed by atoms with Crippen LogP contribution in [0.5, 0.6) is 0 Å². The third-order valence-electron chi connectivity index (χ3n) is 6.88. The molecule has 2 heterocycles. The molecule has 5 N–H and O–H groups in total. The van der Waals surface area contributed by atoms with E-state index in [1.807, 2.05) is 6.92 Å². The van der Waals surface area contributed by atoms with Gasteiger partial charge in [-0.05, 0) is 51.4 Å². The maximum Gasteiger partial charge on any atom is 0.233 e. The first kappa shape index (κ1) is 21.0. The van der Waals surface area contributed by atoms with Crippen molar-refractivity contribution in [3.8, 4) is 0 Å². The van der Waals surface area contributed by atoms with Crippen molar-refractivity contribution < 1.29 is 14.0 Å². The number of carbonyl (C=O) groups excluding carboxylic acids is 1. The number of carbonyl (C=O) groups is 1. The number of alkyl halides is 1. The van der Waals surface area contributed by atoms with Crippen LogP contribution in [0.1, 0.15) is 64.7 Å². The van der Waals surface area contributed by atoms with Crippen LogP contribution in [0.25, 0.3) is 0 Å². The minimum absolute atomic E-state index is 0.0736. The number of hydroxylamine groups is 1. The Morgan fingerprint density at radius 1 is 1.10 bits per heavy atom. The summed E-state index contributed by atoms with van der Waals surface area (Å²) in [5, 5.41) is 6.46. The Hall–Kier alpha value is -1.29. The Morgan fingerprint density at radius 2 is 1.86 bits per heavy atom. The Labute approximate surface area is 172 Å². The fraction of sp³-hybridized carbons (Fsp3) is 0.900. The molecule has 0 aromatic rings. The molecule has 4 rings (SSSR count). The molecule has 2 saturated carbocycles. The van der Waals surface area contributed by atoms with Gasteiger partial charge in [0.25, 0.3) is 0 Å². The van der Waals surface area contributed by atoms with E-state index in [1.54, 1.807) is 0 Å². The lowest BCUT2D eigenvalue weighted by atomic mass is 9.82. The van der Waals surface area contributed by atoms with Crippen LogP contribution >= 0.6 is 0 Å². The maximum absolute atomic E-state index is 13.4. The van der Waals surface area contributed by atoms with Crippen LogP contribution in [-0.2, 0) is 9.63 Å². The van der Waals surface area contributed by atoms with Crippen molar-refractivity contribution in [2.75, 3.05) is 6.54 Å². The molecule has 4 aliphatic rings. The molecular formula is C20H35FN6O2. The lowest BCUT2D eigenvalue weighted by Gasteiger charge is -2.28. The van der Waals surface area contributed by atoms with Gasteiger partial charge >= 0.3 is 0 Å². The van der Waals surface area contributed by atoms with E-state index in [0.717, 1.165) is 32.1 Å². The second kappa shape index (κ2) is 9.68. The molecule has 29 heavy (non-hydrogen) atoms. The number of nitrogens with zero attached hydrogens (tertiary/aromatic N) is 1. The highest BCUT2D eigenvalue weighted by Crippen LogP contribution is 2.31. The predicted octanol–water partition coefficient (Wildman–Crippen LogP) is 1.25. The van der Waals surface area contributed by atoms with Gasteiger partial charge in [-0.15, -0.1) is 0 Å². The maximum atomic E-state index is 13.4. The number of hydrogen-bond donors (Lipinski definition) is 5. The number of hydrogen-bond acceptors (Lipinski definition) is 6. The van der Waals surface area contributed by atoms with Gasteiger partial charge in [0.05, 0.1) is 12.0 Å². The molecule has 8 nitrogen and oxygen atoms in total. The van der Waals surface area contributed by atoms with E-state index in [0.29, 0.717) is 43.3 Å². The lowest BCUT2D eigenvalue weighted by Crippen LogP contribution is -2.49. The Bertz CT molecular complexity index is 592. The first-order valence-corrected chi connectivity index (χ1v) is 11.3. The fourth-order valence-electron chi connectivity index (χ4n) is 5.00. The van der Waals surface area contributed by atoms with Crippen molar-refractivity contribution >= 4 is 11.9 Å². The zero-order valence-electron chi connectivity index (χ0n) is 17.3. The van der Waals surface area contributed by atoms with Gasteiger partial charge in [0.2, 0.25) is 5.91 Å². The molecule has 0 bridgehead atoms. The molecule has 0 aromatic heterocycles. The van der Waals surface area contributed by atoms with Crippen LogP contribution in [0.2, 0.25) is 0 Å². The summed E-state index contributed by atoms with van der Waals surface area (Å²) in [7, 11) is 0. The van der Waals surface area contributed by atoms with Crippen molar-refractivity contribution in [3.05, 3.63) is 0 Å². The van der Waals surface area contributed by atoms with Crippen molar-refractivity contribution in [1.82, 2.24) is 27.0 Å². The summed E-state index contributed by atoms with van der Waals surface area (Å²) < 4.78 is 13.4. The first-order chi connectivity index (χ1) is 14.1. The molecular weight excluding hydrogens is 375 g/mol. The third kappa shape index (κ3) is 5.45. The quantitative estimate of drug-likeness (QED) is 0.353. The number of hydrazine groups is 1. The summed E-state index contributed by atoms with van der Waals surface area (Å²) in [6.07, 6.45) is 7.73. The molecule has 4 atom stereocenters. The highest BCUT2D eigenvalue weighted by atomic mass is 19.1. The molecule has 2 saturated heterocycles. The van der Waals surface area contributed by atoms with E-state index in [9.17, 15) is 9.18 Å². The van der Waals surface area contributed by atoms with Crippen molar-refractivity contribution in [1.29, 1.82) is 0 Å². The number of nitrogens with one attached hydrogen (secondary N) is 5. The van der Waals surface area contributed by atoms with Gasteiger partial charge in [0.15, 0.2) is 5.96 Å². The number of amides is 1. The van der Waals surface area contributed by atoms with Crippen LogP contribution in [0, 0.1) is 11.8 Å². The monoisotopic (exact) mass is 410 g/mol. The first-order valence-electron chi connectivity index (χ1n) is 11.3. The average molecular weight is 411 g/mol. The molecule has 0 spiro atoms.